The molecule has 0 spiro atoms. The van der Waals surface area contributed by atoms with E-state index < -0.39 is 0 Å². The Hall–Kier alpha value is -1.79. The summed E-state index contributed by atoms with van der Waals surface area (Å²) in [6, 6.07) is 6.70. The number of piperidine rings is 1. The minimum absolute atomic E-state index is 0.394. The zero-order valence-electron chi connectivity index (χ0n) is 12.2. The number of hydrogen-bond acceptors (Lipinski definition) is 2. The van der Waals surface area contributed by atoms with Crippen LogP contribution in [0.25, 0.3) is 10.9 Å². The van der Waals surface area contributed by atoms with Crippen LogP contribution in [-0.2, 0) is 0 Å². The fourth-order valence-electron chi connectivity index (χ4n) is 2.54. The van der Waals surface area contributed by atoms with Crippen molar-refractivity contribution >= 4 is 10.9 Å². The quantitative estimate of drug-likeness (QED) is 0.805. The predicted molar refractivity (Wildman–Crippen MR) is 82.6 cm³/mol. The molecule has 3 nitrogen and oxygen atoms in total. The third kappa shape index (κ3) is 2.86. The predicted octanol–water partition coefficient (Wildman–Crippen LogP) is 2.97. The van der Waals surface area contributed by atoms with Gasteiger partial charge in [-0.2, -0.15) is 5.10 Å². The molecule has 0 unspecified atom stereocenters. The standard InChI is InChI=1S/C17H21N3/c1-13(2)20-12-16-8-7-14(10-17(16)19-20)5-6-15-4-3-9-18-11-15/h7-8,10,12-13,15,18H,3-4,9,11H2,1-2H3/t15-/m0/s1. The number of nitrogens with zero attached hydrogens (tertiary/aromatic N) is 2. The lowest BCUT2D eigenvalue weighted by atomic mass is 10.00. The van der Waals surface area contributed by atoms with Crippen LogP contribution < -0.4 is 5.32 Å². The van der Waals surface area contributed by atoms with Gasteiger partial charge in [0.25, 0.3) is 0 Å². The van der Waals surface area contributed by atoms with Gasteiger partial charge in [-0.25, -0.2) is 0 Å². The Morgan fingerprint density at radius 3 is 3.05 bits per heavy atom. The smallest absolute Gasteiger partial charge is 0.0935 e. The van der Waals surface area contributed by atoms with Crippen LogP contribution in [-0.4, -0.2) is 22.9 Å². The molecule has 1 N–H and O–H groups in total. The molecule has 3 heteroatoms. The maximum Gasteiger partial charge on any atom is 0.0935 e. The molecule has 1 aliphatic rings. The number of rotatable bonds is 1. The molecule has 0 radical (unpaired) electrons. The van der Waals surface area contributed by atoms with Gasteiger partial charge in [0, 0.05) is 35.7 Å². The fourth-order valence-corrected chi connectivity index (χ4v) is 2.54. The maximum absolute atomic E-state index is 4.60. The SMILES string of the molecule is CC(C)n1cc2ccc(C#C[C@@H]3CCCNC3)cc2n1. The molecule has 1 aromatic heterocycles. The highest BCUT2D eigenvalue weighted by molar-refractivity contribution is 5.79. The molecule has 0 amide bonds. The average Bonchev–Trinajstić information content (AvgIpc) is 2.89. The van der Waals surface area contributed by atoms with Crippen LogP contribution in [0, 0.1) is 17.8 Å². The van der Waals surface area contributed by atoms with Crippen LogP contribution in [0.3, 0.4) is 0 Å². The molecule has 1 fully saturated rings. The monoisotopic (exact) mass is 267 g/mol. The second-order valence-electron chi connectivity index (χ2n) is 5.79. The van der Waals surface area contributed by atoms with Gasteiger partial charge in [-0.1, -0.05) is 11.8 Å². The molecule has 3 rings (SSSR count). The van der Waals surface area contributed by atoms with Crippen LogP contribution >= 0.6 is 0 Å². The van der Waals surface area contributed by atoms with Gasteiger partial charge in [0.15, 0.2) is 0 Å². The van der Waals surface area contributed by atoms with Crippen LogP contribution in [0.15, 0.2) is 24.4 Å². The van der Waals surface area contributed by atoms with Crippen LogP contribution in [0.2, 0.25) is 0 Å². The van der Waals surface area contributed by atoms with Gasteiger partial charge in [-0.05, 0) is 51.4 Å². The zero-order valence-corrected chi connectivity index (χ0v) is 12.2. The Morgan fingerprint density at radius 2 is 2.30 bits per heavy atom. The normalized spacial score (nSPS) is 19.1. The van der Waals surface area contributed by atoms with Crippen molar-refractivity contribution in [2.45, 2.75) is 32.7 Å². The number of hydrogen-bond donors (Lipinski definition) is 1. The summed E-state index contributed by atoms with van der Waals surface area (Å²) in [6.45, 7) is 6.44. The van der Waals surface area contributed by atoms with Gasteiger partial charge in [0.05, 0.1) is 5.52 Å². The highest BCUT2D eigenvalue weighted by Crippen LogP contribution is 2.17. The highest BCUT2D eigenvalue weighted by atomic mass is 15.3. The van der Waals surface area contributed by atoms with Crippen LogP contribution in [0.4, 0.5) is 0 Å². The number of nitrogens with one attached hydrogen (secondary N) is 1. The lowest BCUT2D eigenvalue weighted by Gasteiger charge is -2.17. The van der Waals surface area contributed by atoms with E-state index in [9.17, 15) is 0 Å². The van der Waals surface area contributed by atoms with Crippen molar-refractivity contribution in [3.05, 3.63) is 30.0 Å². The minimum atomic E-state index is 0.394. The van der Waals surface area contributed by atoms with Gasteiger partial charge < -0.3 is 5.32 Å². The molecule has 0 saturated carbocycles. The van der Waals surface area contributed by atoms with E-state index in [2.05, 4.69) is 60.5 Å². The van der Waals surface area contributed by atoms with E-state index in [0.717, 1.165) is 24.2 Å². The lowest BCUT2D eigenvalue weighted by Crippen LogP contribution is -2.28. The number of aromatic nitrogens is 2. The molecule has 1 aliphatic heterocycles. The Bertz CT molecular complexity index is 652. The summed E-state index contributed by atoms with van der Waals surface area (Å²) in [5.41, 5.74) is 2.10. The summed E-state index contributed by atoms with van der Waals surface area (Å²) < 4.78 is 2.01. The van der Waals surface area contributed by atoms with E-state index in [0.29, 0.717) is 12.0 Å². The first-order chi connectivity index (χ1) is 9.72. The second kappa shape index (κ2) is 5.68. The third-order valence-corrected chi connectivity index (χ3v) is 3.77. The molecule has 0 aliphatic carbocycles. The van der Waals surface area contributed by atoms with Crippen LogP contribution in [0.5, 0.6) is 0 Å². The fraction of sp³-hybridized carbons (Fsp3) is 0.471. The molecule has 20 heavy (non-hydrogen) atoms. The van der Waals surface area contributed by atoms with Crippen molar-refractivity contribution in [1.29, 1.82) is 0 Å². The summed E-state index contributed by atoms with van der Waals surface area (Å²) in [7, 11) is 0. The third-order valence-electron chi connectivity index (χ3n) is 3.77. The van der Waals surface area contributed by atoms with E-state index in [1.54, 1.807) is 0 Å². The first-order valence-electron chi connectivity index (χ1n) is 7.43. The summed E-state index contributed by atoms with van der Waals surface area (Å²) in [5.74, 6) is 7.18. The lowest BCUT2D eigenvalue weighted by molar-refractivity contribution is 0.449. The molecule has 0 bridgehead atoms. The van der Waals surface area contributed by atoms with Crippen molar-refractivity contribution in [2.24, 2.45) is 5.92 Å². The van der Waals surface area contributed by atoms with Crippen molar-refractivity contribution in [3.63, 3.8) is 0 Å². The summed E-state index contributed by atoms with van der Waals surface area (Å²) in [4.78, 5) is 0. The van der Waals surface area contributed by atoms with Crippen molar-refractivity contribution in [3.8, 4) is 11.8 Å². The highest BCUT2D eigenvalue weighted by Gasteiger charge is 2.09. The Balaban J connectivity index is 1.83. The molecule has 1 saturated heterocycles. The minimum Gasteiger partial charge on any atom is -0.316 e. The largest absolute Gasteiger partial charge is 0.316 e. The van der Waals surface area contributed by atoms with Crippen molar-refractivity contribution in [1.82, 2.24) is 15.1 Å². The maximum atomic E-state index is 4.60. The summed E-state index contributed by atoms with van der Waals surface area (Å²) >= 11 is 0. The van der Waals surface area contributed by atoms with E-state index in [-0.39, 0.29) is 0 Å². The van der Waals surface area contributed by atoms with Gasteiger partial charge in [-0.3, -0.25) is 4.68 Å². The van der Waals surface area contributed by atoms with Gasteiger partial charge in [-0.15, -0.1) is 0 Å². The van der Waals surface area contributed by atoms with Crippen molar-refractivity contribution < 1.29 is 0 Å². The van der Waals surface area contributed by atoms with E-state index in [1.165, 1.54) is 18.2 Å². The zero-order chi connectivity index (χ0) is 13.9. The van der Waals surface area contributed by atoms with Gasteiger partial charge in [0.2, 0.25) is 0 Å². The second-order valence-corrected chi connectivity index (χ2v) is 5.79. The molecule has 1 aromatic carbocycles. The summed E-state index contributed by atoms with van der Waals surface area (Å²) in [5, 5.41) is 9.19. The molecular weight excluding hydrogens is 246 g/mol. The average molecular weight is 267 g/mol. The molecule has 104 valence electrons. The van der Waals surface area contributed by atoms with Crippen molar-refractivity contribution in [2.75, 3.05) is 13.1 Å². The van der Waals surface area contributed by atoms with Gasteiger partial charge >= 0.3 is 0 Å². The van der Waals surface area contributed by atoms with E-state index in [4.69, 9.17) is 0 Å². The number of fused-ring (bicyclic) bond motifs is 1. The van der Waals surface area contributed by atoms with E-state index >= 15 is 0 Å². The molecular formula is C17H21N3. The van der Waals surface area contributed by atoms with E-state index in [1.807, 2.05) is 4.68 Å². The Morgan fingerprint density at radius 1 is 1.40 bits per heavy atom. The molecule has 1 atom stereocenters. The number of benzene rings is 1. The molecule has 2 heterocycles. The topological polar surface area (TPSA) is 29.9 Å². The van der Waals surface area contributed by atoms with Crippen LogP contribution in [0.1, 0.15) is 38.3 Å². The summed E-state index contributed by atoms with van der Waals surface area (Å²) in [6.07, 6.45) is 4.55. The first kappa shape index (κ1) is 13.2. The first-order valence-corrected chi connectivity index (χ1v) is 7.43. The Kier molecular flexibility index (Phi) is 3.75. The Labute approximate surface area is 120 Å². The van der Waals surface area contributed by atoms with Gasteiger partial charge in [0.1, 0.15) is 0 Å². The molecule has 2 aromatic rings.